The second kappa shape index (κ2) is 6.40. The molecule has 1 heterocycles. The van der Waals surface area contributed by atoms with Crippen LogP contribution in [0.2, 0.25) is 0 Å². The maximum Gasteiger partial charge on any atom is 0.169 e. The molecule has 1 aromatic rings. The second-order valence-electron chi connectivity index (χ2n) is 5.79. The van der Waals surface area contributed by atoms with E-state index in [1.165, 1.54) is 0 Å². The van der Waals surface area contributed by atoms with Crippen molar-refractivity contribution in [3.8, 4) is 5.75 Å². The summed E-state index contributed by atoms with van der Waals surface area (Å²) in [6.07, 6.45) is 3.94. The zero-order valence-electron chi connectivity index (χ0n) is 12.8. The van der Waals surface area contributed by atoms with Gasteiger partial charge >= 0.3 is 0 Å². The van der Waals surface area contributed by atoms with E-state index in [9.17, 15) is 4.79 Å². The fourth-order valence-electron chi connectivity index (χ4n) is 3.28. The van der Waals surface area contributed by atoms with Crippen LogP contribution in [0.15, 0.2) is 18.2 Å². The van der Waals surface area contributed by atoms with Crippen LogP contribution in [-0.4, -0.2) is 26.0 Å². The van der Waals surface area contributed by atoms with E-state index < -0.39 is 0 Å². The number of rotatable bonds is 5. The summed E-state index contributed by atoms with van der Waals surface area (Å²) in [6.45, 7) is 6.05. The smallest absolute Gasteiger partial charge is 0.169 e. The number of aryl methyl sites for hydroxylation is 1. The largest absolute Gasteiger partial charge is 0.497 e. The molecule has 0 aliphatic carbocycles. The number of ketones is 1. The maximum absolute atomic E-state index is 13.1. The number of carbonyl (C=O) groups excluding carboxylic acids is 1. The van der Waals surface area contributed by atoms with E-state index in [0.29, 0.717) is 5.78 Å². The second-order valence-corrected chi connectivity index (χ2v) is 5.79. The van der Waals surface area contributed by atoms with Gasteiger partial charge in [-0.3, -0.25) is 4.79 Å². The normalized spacial score (nSPS) is 17.8. The molecule has 0 saturated carbocycles. The highest BCUT2D eigenvalue weighted by Gasteiger charge is 2.39. The third-order valence-electron chi connectivity index (χ3n) is 4.45. The highest BCUT2D eigenvalue weighted by atomic mass is 16.5. The molecule has 20 heavy (non-hydrogen) atoms. The molecule has 1 fully saturated rings. The van der Waals surface area contributed by atoms with Gasteiger partial charge in [-0.25, -0.2) is 0 Å². The molecular formula is C17H25NO2. The number of benzene rings is 1. The van der Waals surface area contributed by atoms with Crippen LogP contribution in [0.5, 0.6) is 5.75 Å². The van der Waals surface area contributed by atoms with E-state index in [0.717, 1.165) is 55.6 Å². The minimum atomic E-state index is -0.167. The molecule has 0 bridgehead atoms. The molecule has 2 rings (SSSR count). The average Bonchev–Trinajstić information content (AvgIpc) is 2.47. The van der Waals surface area contributed by atoms with Crippen LogP contribution >= 0.6 is 0 Å². The fraction of sp³-hybridized carbons (Fsp3) is 0.588. The van der Waals surface area contributed by atoms with E-state index in [1.54, 1.807) is 7.11 Å². The molecule has 3 nitrogen and oxygen atoms in total. The van der Waals surface area contributed by atoms with Crippen molar-refractivity contribution in [1.82, 2.24) is 5.32 Å². The molecule has 3 heteroatoms. The van der Waals surface area contributed by atoms with Crippen molar-refractivity contribution in [3.05, 3.63) is 29.3 Å². The Labute approximate surface area is 121 Å². The van der Waals surface area contributed by atoms with Crippen molar-refractivity contribution >= 4 is 5.78 Å². The van der Waals surface area contributed by atoms with Crippen molar-refractivity contribution in [2.45, 2.75) is 39.5 Å². The minimum absolute atomic E-state index is 0.167. The summed E-state index contributed by atoms with van der Waals surface area (Å²) < 4.78 is 5.23. The molecule has 0 unspecified atom stereocenters. The Bertz CT molecular complexity index is 470. The Balaban J connectivity index is 2.32. The lowest BCUT2D eigenvalue weighted by Crippen LogP contribution is -2.42. The Morgan fingerprint density at radius 1 is 1.35 bits per heavy atom. The molecule has 0 spiro atoms. The third kappa shape index (κ3) is 2.88. The molecule has 110 valence electrons. The van der Waals surface area contributed by atoms with Crippen molar-refractivity contribution in [2.24, 2.45) is 5.41 Å². The fourth-order valence-corrected chi connectivity index (χ4v) is 3.28. The lowest BCUT2D eigenvalue weighted by Gasteiger charge is -2.36. The van der Waals surface area contributed by atoms with Crippen molar-refractivity contribution in [3.63, 3.8) is 0 Å². The first-order valence-electron chi connectivity index (χ1n) is 7.53. The zero-order valence-corrected chi connectivity index (χ0v) is 12.8. The monoisotopic (exact) mass is 275 g/mol. The Morgan fingerprint density at radius 3 is 2.60 bits per heavy atom. The van der Waals surface area contributed by atoms with Crippen LogP contribution in [-0.2, 0) is 0 Å². The van der Waals surface area contributed by atoms with Crippen molar-refractivity contribution in [1.29, 1.82) is 0 Å². The molecule has 1 aromatic carbocycles. The Kier molecular flexibility index (Phi) is 4.81. The predicted molar refractivity (Wildman–Crippen MR) is 81.5 cm³/mol. The standard InChI is InChI=1S/C17H25NO2/c1-4-7-17(8-10-18-11-9-17)16(19)15-6-5-14(20-3)12-13(15)2/h5-6,12,18H,4,7-11H2,1-3H3. The van der Waals surface area contributed by atoms with Gasteiger partial charge in [0.1, 0.15) is 5.75 Å². The van der Waals surface area contributed by atoms with Crippen LogP contribution < -0.4 is 10.1 Å². The molecule has 0 atom stereocenters. The number of methoxy groups -OCH3 is 1. The van der Waals surface area contributed by atoms with E-state index in [4.69, 9.17) is 4.74 Å². The molecule has 1 saturated heterocycles. The number of ether oxygens (including phenoxy) is 1. The van der Waals surface area contributed by atoms with Crippen LogP contribution in [0.3, 0.4) is 0 Å². The molecule has 1 aliphatic heterocycles. The lowest BCUT2D eigenvalue weighted by atomic mass is 9.70. The van der Waals surface area contributed by atoms with E-state index in [1.807, 2.05) is 25.1 Å². The summed E-state index contributed by atoms with van der Waals surface area (Å²) in [6, 6.07) is 5.77. The van der Waals surface area contributed by atoms with Gasteiger partial charge in [0.15, 0.2) is 5.78 Å². The molecule has 1 N–H and O–H groups in total. The number of nitrogens with one attached hydrogen (secondary N) is 1. The molecule has 0 amide bonds. The summed E-state index contributed by atoms with van der Waals surface area (Å²) in [5.41, 5.74) is 1.71. The van der Waals surface area contributed by atoms with Gasteiger partial charge in [0.25, 0.3) is 0 Å². The zero-order chi connectivity index (χ0) is 14.6. The van der Waals surface area contributed by atoms with E-state index in [-0.39, 0.29) is 5.41 Å². The average molecular weight is 275 g/mol. The number of hydrogen-bond donors (Lipinski definition) is 1. The number of carbonyl (C=O) groups is 1. The maximum atomic E-state index is 13.1. The van der Waals surface area contributed by atoms with E-state index >= 15 is 0 Å². The SMILES string of the molecule is CCCC1(C(=O)c2ccc(OC)cc2C)CCNCC1. The lowest BCUT2D eigenvalue weighted by molar-refractivity contribution is 0.0703. The molecule has 1 aliphatic rings. The van der Waals surface area contributed by atoms with Gasteiger partial charge in [-0.05, 0) is 63.0 Å². The van der Waals surface area contributed by atoms with Crippen LogP contribution in [0.4, 0.5) is 0 Å². The van der Waals surface area contributed by atoms with E-state index in [2.05, 4.69) is 12.2 Å². The summed E-state index contributed by atoms with van der Waals surface area (Å²) >= 11 is 0. The first-order chi connectivity index (χ1) is 9.63. The number of piperidine rings is 1. The first-order valence-corrected chi connectivity index (χ1v) is 7.53. The van der Waals surface area contributed by atoms with Crippen LogP contribution in [0, 0.1) is 12.3 Å². The van der Waals surface area contributed by atoms with Gasteiger partial charge in [-0.1, -0.05) is 13.3 Å². The quantitative estimate of drug-likeness (QED) is 0.837. The summed E-state index contributed by atoms with van der Waals surface area (Å²) in [4.78, 5) is 13.1. The van der Waals surface area contributed by atoms with Crippen LogP contribution in [0.25, 0.3) is 0 Å². The first kappa shape index (κ1) is 15.0. The summed E-state index contributed by atoms with van der Waals surface area (Å²) in [5, 5.41) is 3.36. The third-order valence-corrected chi connectivity index (χ3v) is 4.45. The topological polar surface area (TPSA) is 38.3 Å². The van der Waals surface area contributed by atoms with Gasteiger partial charge < -0.3 is 10.1 Å². The highest BCUT2D eigenvalue weighted by Crippen LogP contribution is 2.38. The van der Waals surface area contributed by atoms with Crippen molar-refractivity contribution < 1.29 is 9.53 Å². The van der Waals surface area contributed by atoms with Crippen molar-refractivity contribution in [2.75, 3.05) is 20.2 Å². The van der Waals surface area contributed by atoms with Gasteiger partial charge in [-0.15, -0.1) is 0 Å². The van der Waals surface area contributed by atoms with Gasteiger partial charge in [0, 0.05) is 11.0 Å². The molecular weight excluding hydrogens is 250 g/mol. The summed E-state index contributed by atoms with van der Waals surface area (Å²) in [7, 11) is 1.65. The van der Waals surface area contributed by atoms with Gasteiger partial charge in [0.2, 0.25) is 0 Å². The molecule has 0 radical (unpaired) electrons. The highest BCUT2D eigenvalue weighted by molar-refractivity contribution is 6.02. The summed E-state index contributed by atoms with van der Waals surface area (Å²) in [5.74, 6) is 1.13. The van der Waals surface area contributed by atoms with Gasteiger partial charge in [0.05, 0.1) is 7.11 Å². The van der Waals surface area contributed by atoms with Gasteiger partial charge in [-0.2, -0.15) is 0 Å². The molecule has 0 aromatic heterocycles. The van der Waals surface area contributed by atoms with Crippen LogP contribution in [0.1, 0.15) is 48.5 Å². The predicted octanol–water partition coefficient (Wildman–Crippen LogP) is 3.36. The number of Topliss-reactive ketones (excluding diaryl/α,β-unsaturated/α-hetero) is 1. The Morgan fingerprint density at radius 2 is 2.05 bits per heavy atom. The number of hydrogen-bond acceptors (Lipinski definition) is 3. The minimum Gasteiger partial charge on any atom is -0.497 e. The Hall–Kier alpha value is -1.35.